The van der Waals surface area contributed by atoms with Crippen LogP contribution in [0.25, 0.3) is 22.2 Å². The Kier molecular flexibility index (Phi) is 5.83. The van der Waals surface area contributed by atoms with E-state index in [4.69, 9.17) is 0 Å². The van der Waals surface area contributed by atoms with Crippen molar-refractivity contribution in [2.75, 3.05) is 24.5 Å². The number of aromatic nitrogens is 3. The minimum Gasteiger partial charge on any atom is -0.361 e. The fraction of sp³-hybridized carbons (Fsp3) is 0.269. The minimum absolute atomic E-state index is 0.0599. The van der Waals surface area contributed by atoms with E-state index in [9.17, 15) is 4.79 Å². The number of carbonyl (C=O) groups excluding carboxylic acids is 1. The first-order chi connectivity index (χ1) is 15.8. The normalized spacial score (nSPS) is 14.6. The van der Waals surface area contributed by atoms with Gasteiger partial charge in [-0.3, -0.25) is 4.79 Å². The zero-order chi connectivity index (χ0) is 21.8. The van der Waals surface area contributed by atoms with E-state index in [0.29, 0.717) is 6.54 Å². The second-order valence-electron chi connectivity index (χ2n) is 8.29. The molecular formula is C26H27N5O. The smallest absolute Gasteiger partial charge is 0.223 e. The molecule has 6 nitrogen and oxygen atoms in total. The van der Waals surface area contributed by atoms with E-state index in [0.717, 1.165) is 54.9 Å². The highest BCUT2D eigenvalue weighted by molar-refractivity contribution is 5.83. The first-order valence-electron chi connectivity index (χ1n) is 11.2. The molecule has 0 atom stereocenters. The van der Waals surface area contributed by atoms with Crippen molar-refractivity contribution in [3.63, 3.8) is 0 Å². The van der Waals surface area contributed by atoms with Gasteiger partial charge in [0.2, 0.25) is 5.91 Å². The lowest BCUT2D eigenvalue weighted by Gasteiger charge is -2.32. The van der Waals surface area contributed by atoms with Gasteiger partial charge in [-0.2, -0.15) is 0 Å². The summed E-state index contributed by atoms with van der Waals surface area (Å²) in [6.45, 7) is 2.31. The summed E-state index contributed by atoms with van der Waals surface area (Å²) >= 11 is 0. The van der Waals surface area contributed by atoms with E-state index in [1.54, 1.807) is 6.33 Å². The molecule has 5 rings (SSSR count). The second kappa shape index (κ2) is 9.22. The first-order valence-corrected chi connectivity index (χ1v) is 11.2. The molecule has 4 aromatic rings. The lowest BCUT2D eigenvalue weighted by molar-refractivity contribution is -0.125. The Morgan fingerprint density at radius 3 is 2.66 bits per heavy atom. The molecule has 32 heavy (non-hydrogen) atoms. The van der Waals surface area contributed by atoms with Crippen LogP contribution in [0.1, 0.15) is 18.4 Å². The van der Waals surface area contributed by atoms with E-state index >= 15 is 0 Å². The molecule has 0 spiro atoms. The third-order valence-corrected chi connectivity index (χ3v) is 6.28. The van der Waals surface area contributed by atoms with Crippen LogP contribution < -0.4 is 10.2 Å². The maximum absolute atomic E-state index is 12.7. The molecule has 0 aliphatic carbocycles. The molecule has 1 aliphatic heterocycles. The number of rotatable bonds is 6. The Hall–Kier alpha value is -3.67. The molecular weight excluding hydrogens is 398 g/mol. The van der Waals surface area contributed by atoms with E-state index in [1.807, 2.05) is 42.6 Å². The predicted octanol–water partition coefficient (Wildman–Crippen LogP) is 4.20. The van der Waals surface area contributed by atoms with Crippen molar-refractivity contribution in [3.8, 4) is 11.3 Å². The fourth-order valence-corrected chi connectivity index (χ4v) is 4.46. The van der Waals surface area contributed by atoms with Gasteiger partial charge in [0.25, 0.3) is 0 Å². The summed E-state index contributed by atoms with van der Waals surface area (Å²) < 4.78 is 0. The van der Waals surface area contributed by atoms with Crippen molar-refractivity contribution < 1.29 is 4.79 Å². The highest BCUT2D eigenvalue weighted by Gasteiger charge is 2.25. The molecule has 6 heteroatoms. The predicted molar refractivity (Wildman–Crippen MR) is 127 cm³/mol. The van der Waals surface area contributed by atoms with Crippen molar-refractivity contribution in [1.82, 2.24) is 20.3 Å². The lowest BCUT2D eigenvalue weighted by atomic mass is 9.95. The number of hydrogen-bond acceptors (Lipinski definition) is 4. The van der Waals surface area contributed by atoms with E-state index in [1.165, 1.54) is 10.9 Å². The molecule has 1 aliphatic rings. The Morgan fingerprint density at radius 2 is 1.81 bits per heavy atom. The number of H-pyrrole nitrogens is 1. The van der Waals surface area contributed by atoms with Crippen LogP contribution >= 0.6 is 0 Å². The molecule has 0 radical (unpaired) electrons. The van der Waals surface area contributed by atoms with Gasteiger partial charge >= 0.3 is 0 Å². The summed E-state index contributed by atoms with van der Waals surface area (Å²) in [6.07, 6.45) is 6.17. The summed E-state index contributed by atoms with van der Waals surface area (Å²) in [4.78, 5) is 27.1. The van der Waals surface area contributed by atoms with Gasteiger partial charge in [-0.15, -0.1) is 0 Å². The largest absolute Gasteiger partial charge is 0.361 e. The fourth-order valence-electron chi connectivity index (χ4n) is 4.46. The molecule has 1 saturated heterocycles. The van der Waals surface area contributed by atoms with E-state index in [-0.39, 0.29) is 11.8 Å². The number of nitrogens with one attached hydrogen (secondary N) is 2. The van der Waals surface area contributed by atoms with Crippen molar-refractivity contribution in [3.05, 3.63) is 78.8 Å². The van der Waals surface area contributed by atoms with Crippen LogP contribution in [0.5, 0.6) is 0 Å². The Balaban J connectivity index is 1.13. The van der Waals surface area contributed by atoms with Gasteiger partial charge < -0.3 is 15.2 Å². The van der Waals surface area contributed by atoms with Gasteiger partial charge in [0.05, 0.1) is 5.69 Å². The van der Waals surface area contributed by atoms with Crippen molar-refractivity contribution in [1.29, 1.82) is 0 Å². The van der Waals surface area contributed by atoms with Crippen LogP contribution in [0.3, 0.4) is 0 Å². The van der Waals surface area contributed by atoms with Crippen LogP contribution in [0.15, 0.2) is 73.2 Å². The number of carbonyl (C=O) groups is 1. The summed E-state index contributed by atoms with van der Waals surface area (Å²) in [5, 5.41) is 4.37. The van der Waals surface area contributed by atoms with Crippen molar-refractivity contribution in [2.45, 2.75) is 19.3 Å². The number of anilines is 1. The molecule has 0 saturated carbocycles. The highest BCUT2D eigenvalue weighted by Crippen LogP contribution is 2.25. The van der Waals surface area contributed by atoms with Crippen LogP contribution in [-0.2, 0) is 11.2 Å². The number of piperidine rings is 1. The number of benzene rings is 2. The van der Waals surface area contributed by atoms with Gasteiger partial charge in [0.1, 0.15) is 12.1 Å². The quantitative estimate of drug-likeness (QED) is 0.486. The third-order valence-electron chi connectivity index (χ3n) is 6.28. The summed E-state index contributed by atoms with van der Waals surface area (Å²) in [5.41, 5.74) is 4.39. The average Bonchev–Trinajstić information content (AvgIpc) is 3.28. The third kappa shape index (κ3) is 4.35. The Bertz CT molecular complexity index is 1200. The van der Waals surface area contributed by atoms with Crippen LogP contribution in [-0.4, -0.2) is 40.5 Å². The average molecular weight is 426 g/mol. The van der Waals surface area contributed by atoms with E-state index < -0.39 is 0 Å². The van der Waals surface area contributed by atoms with Gasteiger partial charge in [-0.25, -0.2) is 9.97 Å². The SMILES string of the molecule is O=C(NCCc1c[nH]c2ccccc12)C1CCN(c2cc(-c3ccccc3)ncn2)CC1. The van der Waals surface area contributed by atoms with Gasteiger partial charge in [-0.1, -0.05) is 48.5 Å². The van der Waals surface area contributed by atoms with Crippen molar-refractivity contribution >= 4 is 22.6 Å². The Morgan fingerprint density at radius 1 is 1.03 bits per heavy atom. The minimum atomic E-state index is 0.0599. The molecule has 2 aromatic heterocycles. The summed E-state index contributed by atoms with van der Waals surface area (Å²) in [5.74, 6) is 1.15. The number of aromatic amines is 1. The van der Waals surface area contributed by atoms with Gasteiger partial charge in [0.15, 0.2) is 0 Å². The maximum atomic E-state index is 12.7. The van der Waals surface area contributed by atoms with Gasteiger partial charge in [0, 0.05) is 54.3 Å². The van der Waals surface area contributed by atoms with Crippen molar-refractivity contribution in [2.24, 2.45) is 5.92 Å². The van der Waals surface area contributed by atoms with Crippen LogP contribution in [0, 0.1) is 5.92 Å². The summed E-state index contributed by atoms with van der Waals surface area (Å²) in [6, 6.07) is 20.4. The summed E-state index contributed by atoms with van der Waals surface area (Å²) in [7, 11) is 0. The van der Waals surface area contributed by atoms with Gasteiger partial charge in [-0.05, 0) is 30.9 Å². The topological polar surface area (TPSA) is 73.9 Å². The van der Waals surface area contributed by atoms with Crippen LogP contribution in [0.4, 0.5) is 5.82 Å². The number of hydrogen-bond donors (Lipinski definition) is 2. The molecule has 0 bridgehead atoms. The monoisotopic (exact) mass is 425 g/mol. The molecule has 1 fully saturated rings. The molecule has 3 heterocycles. The number of fused-ring (bicyclic) bond motifs is 1. The second-order valence-corrected chi connectivity index (χ2v) is 8.29. The number of amides is 1. The zero-order valence-corrected chi connectivity index (χ0v) is 18.0. The van der Waals surface area contributed by atoms with Crippen LogP contribution in [0.2, 0.25) is 0 Å². The number of nitrogens with zero attached hydrogens (tertiary/aromatic N) is 3. The molecule has 0 unspecified atom stereocenters. The zero-order valence-electron chi connectivity index (χ0n) is 18.0. The van der Waals surface area contributed by atoms with E-state index in [2.05, 4.69) is 49.4 Å². The molecule has 162 valence electrons. The Labute approximate surface area is 187 Å². The highest BCUT2D eigenvalue weighted by atomic mass is 16.1. The standard InChI is InChI=1S/C26H27N5O/c32-26(27-13-10-21-17-28-23-9-5-4-8-22(21)23)20-11-14-31(15-12-20)25-16-24(29-18-30-25)19-6-2-1-3-7-19/h1-9,16-18,20,28H,10-15H2,(H,27,32). The number of para-hydroxylation sites is 1. The molecule has 2 N–H and O–H groups in total. The maximum Gasteiger partial charge on any atom is 0.223 e. The molecule has 2 aromatic carbocycles. The molecule has 1 amide bonds. The first kappa shape index (κ1) is 20.2. The lowest BCUT2D eigenvalue weighted by Crippen LogP contribution is -2.41.